The normalized spacial score (nSPS) is 22.8. The molecule has 0 radical (unpaired) electrons. The van der Waals surface area contributed by atoms with Gasteiger partial charge < -0.3 is 10.6 Å². The first-order valence-electron chi connectivity index (χ1n) is 7.03. The maximum Gasteiger partial charge on any atom is 0.271 e. The largest absolute Gasteiger partial charge is 0.372 e. The lowest BCUT2D eigenvalue weighted by Gasteiger charge is -2.28. The Kier molecular flexibility index (Phi) is 4.71. The van der Waals surface area contributed by atoms with Crippen LogP contribution in [0.5, 0.6) is 0 Å². The van der Waals surface area contributed by atoms with Crippen LogP contribution in [0.1, 0.15) is 49.5 Å². The van der Waals surface area contributed by atoms with Crippen LogP contribution in [0.3, 0.4) is 0 Å². The molecule has 2 unspecified atom stereocenters. The molecule has 5 heteroatoms. The lowest BCUT2D eigenvalue weighted by Crippen LogP contribution is -2.38. The number of hydrogen-bond donors (Lipinski definition) is 2. The molecule has 2 rings (SSSR count). The Labute approximate surface area is 114 Å². The first-order valence-corrected chi connectivity index (χ1v) is 7.03. The zero-order chi connectivity index (χ0) is 13.7. The van der Waals surface area contributed by atoms with E-state index in [9.17, 15) is 4.79 Å². The predicted octanol–water partition coefficient (Wildman–Crippen LogP) is 2.22. The molecular weight excluding hydrogens is 240 g/mol. The minimum atomic E-state index is -0.114. The number of hydrogen-bond acceptors (Lipinski definition) is 4. The van der Waals surface area contributed by atoms with Gasteiger partial charge in [-0.05, 0) is 18.8 Å². The van der Waals surface area contributed by atoms with Gasteiger partial charge in [0.2, 0.25) is 0 Å². The van der Waals surface area contributed by atoms with E-state index in [0.717, 1.165) is 18.8 Å². The van der Waals surface area contributed by atoms with Gasteiger partial charge in [-0.15, -0.1) is 0 Å². The molecule has 5 nitrogen and oxygen atoms in total. The van der Waals surface area contributed by atoms with E-state index in [1.165, 1.54) is 25.5 Å². The fraction of sp³-hybridized carbons (Fsp3) is 0.643. The van der Waals surface area contributed by atoms with Crippen molar-refractivity contribution >= 4 is 11.7 Å². The Morgan fingerprint density at radius 3 is 2.84 bits per heavy atom. The second kappa shape index (κ2) is 6.50. The van der Waals surface area contributed by atoms with Crippen molar-refractivity contribution in [3.63, 3.8) is 0 Å². The number of anilines is 1. The van der Waals surface area contributed by atoms with Gasteiger partial charge in [0.25, 0.3) is 5.91 Å². The van der Waals surface area contributed by atoms with Gasteiger partial charge in [-0.25, -0.2) is 9.97 Å². The third-order valence-electron chi connectivity index (χ3n) is 3.84. The first-order chi connectivity index (χ1) is 9.22. The van der Waals surface area contributed by atoms with Crippen LogP contribution in [0, 0.1) is 5.92 Å². The Hall–Kier alpha value is -1.65. The summed E-state index contributed by atoms with van der Waals surface area (Å²) in [6.07, 6.45) is 8.94. The topological polar surface area (TPSA) is 66.9 Å². The minimum absolute atomic E-state index is 0.114. The van der Waals surface area contributed by atoms with Crippen molar-refractivity contribution in [1.82, 2.24) is 15.3 Å². The summed E-state index contributed by atoms with van der Waals surface area (Å²) in [7, 11) is 1.77. The third kappa shape index (κ3) is 3.66. The molecule has 1 saturated carbocycles. The van der Waals surface area contributed by atoms with Crippen LogP contribution in [-0.2, 0) is 0 Å². The molecule has 0 bridgehead atoms. The fourth-order valence-electron chi connectivity index (χ4n) is 2.63. The van der Waals surface area contributed by atoms with E-state index in [1.54, 1.807) is 13.2 Å². The van der Waals surface area contributed by atoms with E-state index in [2.05, 4.69) is 27.5 Å². The maximum absolute atomic E-state index is 12.1. The van der Waals surface area contributed by atoms with Gasteiger partial charge in [0, 0.05) is 13.1 Å². The van der Waals surface area contributed by atoms with Gasteiger partial charge in [-0.1, -0.05) is 26.2 Å². The Morgan fingerprint density at radius 2 is 2.21 bits per heavy atom. The lowest BCUT2D eigenvalue weighted by atomic mass is 9.84. The van der Waals surface area contributed by atoms with Crippen LogP contribution in [0.4, 0.5) is 5.82 Å². The summed E-state index contributed by atoms with van der Waals surface area (Å²) in [5, 5.41) is 5.96. The van der Waals surface area contributed by atoms with Crippen molar-refractivity contribution in [2.45, 2.75) is 45.1 Å². The summed E-state index contributed by atoms with van der Waals surface area (Å²) >= 11 is 0. The molecule has 1 aromatic rings. The highest BCUT2D eigenvalue weighted by Crippen LogP contribution is 2.26. The van der Waals surface area contributed by atoms with Crippen LogP contribution >= 0.6 is 0 Å². The molecule has 1 aliphatic carbocycles. The van der Waals surface area contributed by atoms with Gasteiger partial charge in [0.05, 0.1) is 12.4 Å². The average molecular weight is 262 g/mol. The minimum Gasteiger partial charge on any atom is -0.372 e. The van der Waals surface area contributed by atoms with E-state index >= 15 is 0 Å². The van der Waals surface area contributed by atoms with Crippen molar-refractivity contribution in [3.8, 4) is 0 Å². The first kappa shape index (κ1) is 13.8. The van der Waals surface area contributed by atoms with E-state index in [1.807, 2.05) is 0 Å². The molecular formula is C14H22N4O. The number of nitrogens with zero attached hydrogens (tertiary/aromatic N) is 2. The highest BCUT2D eigenvalue weighted by Gasteiger charge is 2.22. The average Bonchev–Trinajstić information content (AvgIpc) is 2.47. The summed E-state index contributed by atoms with van der Waals surface area (Å²) in [6.45, 7) is 2.22. The molecule has 19 heavy (non-hydrogen) atoms. The molecule has 0 spiro atoms. The Morgan fingerprint density at radius 1 is 1.37 bits per heavy atom. The van der Waals surface area contributed by atoms with Crippen LogP contribution in [-0.4, -0.2) is 29.0 Å². The zero-order valence-electron chi connectivity index (χ0n) is 11.6. The number of carbonyl (C=O) groups excluding carboxylic acids is 1. The number of aromatic nitrogens is 2. The highest BCUT2D eigenvalue weighted by atomic mass is 16.1. The van der Waals surface area contributed by atoms with Crippen LogP contribution in [0.25, 0.3) is 0 Å². The number of amides is 1. The smallest absolute Gasteiger partial charge is 0.271 e. The van der Waals surface area contributed by atoms with Gasteiger partial charge in [0.1, 0.15) is 11.5 Å². The van der Waals surface area contributed by atoms with Crippen LogP contribution in [0.2, 0.25) is 0 Å². The van der Waals surface area contributed by atoms with E-state index < -0.39 is 0 Å². The molecule has 1 fully saturated rings. The quantitative estimate of drug-likeness (QED) is 0.873. The second-order valence-electron chi connectivity index (χ2n) is 5.15. The standard InChI is InChI=1S/C14H22N4O/c1-3-10-5-4-6-11(7-10)18-14(19)12-8-17-13(15-2)9-16-12/h8-11H,3-7H2,1-2H3,(H,15,17)(H,18,19). The van der Waals surface area contributed by atoms with Crippen molar-refractivity contribution in [2.75, 3.05) is 12.4 Å². The number of carbonyl (C=O) groups is 1. The van der Waals surface area contributed by atoms with Crippen molar-refractivity contribution in [3.05, 3.63) is 18.1 Å². The molecule has 2 N–H and O–H groups in total. The molecule has 1 amide bonds. The van der Waals surface area contributed by atoms with Crippen LogP contribution in [0.15, 0.2) is 12.4 Å². The molecule has 0 aliphatic heterocycles. The SMILES string of the molecule is CCC1CCCC(NC(=O)c2cnc(NC)cn2)C1. The summed E-state index contributed by atoms with van der Waals surface area (Å²) in [6, 6.07) is 0.289. The maximum atomic E-state index is 12.1. The second-order valence-corrected chi connectivity index (χ2v) is 5.15. The monoisotopic (exact) mass is 262 g/mol. The molecule has 1 aromatic heterocycles. The van der Waals surface area contributed by atoms with E-state index in [-0.39, 0.29) is 11.9 Å². The Bertz CT molecular complexity index is 418. The molecule has 104 valence electrons. The van der Waals surface area contributed by atoms with E-state index in [4.69, 9.17) is 0 Å². The number of nitrogens with one attached hydrogen (secondary N) is 2. The third-order valence-corrected chi connectivity index (χ3v) is 3.84. The summed E-state index contributed by atoms with van der Waals surface area (Å²) in [4.78, 5) is 20.3. The highest BCUT2D eigenvalue weighted by molar-refractivity contribution is 5.92. The Balaban J connectivity index is 1.92. The molecule has 0 saturated heterocycles. The fourth-order valence-corrected chi connectivity index (χ4v) is 2.63. The molecule has 2 atom stereocenters. The van der Waals surface area contributed by atoms with Crippen LogP contribution < -0.4 is 10.6 Å². The van der Waals surface area contributed by atoms with Gasteiger partial charge >= 0.3 is 0 Å². The van der Waals surface area contributed by atoms with Gasteiger partial charge in [0.15, 0.2) is 0 Å². The molecule has 1 aliphatic rings. The summed E-state index contributed by atoms with van der Waals surface area (Å²) in [5.41, 5.74) is 0.387. The summed E-state index contributed by atoms with van der Waals surface area (Å²) in [5.74, 6) is 1.30. The number of rotatable bonds is 4. The lowest BCUT2D eigenvalue weighted by molar-refractivity contribution is 0.0913. The van der Waals surface area contributed by atoms with Gasteiger partial charge in [-0.2, -0.15) is 0 Å². The van der Waals surface area contributed by atoms with Crippen molar-refractivity contribution < 1.29 is 4.79 Å². The van der Waals surface area contributed by atoms with Gasteiger partial charge in [-0.3, -0.25) is 4.79 Å². The molecule has 1 heterocycles. The van der Waals surface area contributed by atoms with Crippen molar-refractivity contribution in [2.24, 2.45) is 5.92 Å². The van der Waals surface area contributed by atoms with Crippen molar-refractivity contribution in [1.29, 1.82) is 0 Å². The van der Waals surface area contributed by atoms with E-state index in [0.29, 0.717) is 11.5 Å². The predicted molar refractivity (Wildman–Crippen MR) is 75.1 cm³/mol. The summed E-state index contributed by atoms with van der Waals surface area (Å²) < 4.78 is 0. The molecule has 0 aromatic carbocycles. The zero-order valence-corrected chi connectivity index (χ0v) is 11.6.